The first-order valence-corrected chi connectivity index (χ1v) is 9.37. The van der Waals surface area contributed by atoms with Crippen molar-refractivity contribution in [2.75, 3.05) is 20.0 Å². The summed E-state index contributed by atoms with van der Waals surface area (Å²) in [4.78, 5) is 13.3. The first-order valence-electron chi connectivity index (χ1n) is 8.15. The SMILES string of the molecule is COc1ccc2c(c1)C[C@@H](NC(=O)NCc1ccc(SC)cc1)CO2. The van der Waals surface area contributed by atoms with Gasteiger partial charge in [0.1, 0.15) is 18.1 Å². The van der Waals surface area contributed by atoms with Gasteiger partial charge in [-0.1, -0.05) is 12.1 Å². The molecular weight excluding hydrogens is 336 g/mol. The lowest BCUT2D eigenvalue weighted by Crippen LogP contribution is -2.47. The van der Waals surface area contributed by atoms with Crippen molar-refractivity contribution >= 4 is 17.8 Å². The van der Waals surface area contributed by atoms with Crippen molar-refractivity contribution in [1.29, 1.82) is 0 Å². The Morgan fingerprint density at radius 2 is 2.08 bits per heavy atom. The minimum absolute atomic E-state index is 0.0570. The summed E-state index contributed by atoms with van der Waals surface area (Å²) in [5.74, 6) is 1.65. The molecule has 2 amide bonds. The van der Waals surface area contributed by atoms with Gasteiger partial charge in [0, 0.05) is 11.4 Å². The molecule has 0 saturated heterocycles. The van der Waals surface area contributed by atoms with Gasteiger partial charge >= 0.3 is 6.03 Å². The van der Waals surface area contributed by atoms with Crippen LogP contribution in [-0.2, 0) is 13.0 Å². The van der Waals surface area contributed by atoms with Crippen LogP contribution in [-0.4, -0.2) is 32.0 Å². The third-order valence-corrected chi connectivity index (χ3v) is 4.86. The van der Waals surface area contributed by atoms with E-state index in [1.165, 1.54) is 4.90 Å². The van der Waals surface area contributed by atoms with Crippen molar-refractivity contribution in [3.8, 4) is 11.5 Å². The second kappa shape index (κ2) is 8.16. The van der Waals surface area contributed by atoms with E-state index in [4.69, 9.17) is 9.47 Å². The molecule has 0 unspecified atom stereocenters. The van der Waals surface area contributed by atoms with Gasteiger partial charge in [-0.3, -0.25) is 0 Å². The van der Waals surface area contributed by atoms with Gasteiger partial charge in [-0.15, -0.1) is 11.8 Å². The maximum atomic E-state index is 12.1. The summed E-state index contributed by atoms with van der Waals surface area (Å²) in [7, 11) is 1.64. The third kappa shape index (κ3) is 4.60. The largest absolute Gasteiger partial charge is 0.497 e. The van der Waals surface area contributed by atoms with E-state index >= 15 is 0 Å². The molecule has 2 aromatic carbocycles. The molecule has 6 heteroatoms. The van der Waals surface area contributed by atoms with Gasteiger partial charge in [0.25, 0.3) is 0 Å². The Bertz CT molecular complexity index is 734. The molecule has 0 bridgehead atoms. The van der Waals surface area contributed by atoms with E-state index in [2.05, 4.69) is 22.8 Å². The van der Waals surface area contributed by atoms with Crippen LogP contribution in [0, 0.1) is 0 Å². The van der Waals surface area contributed by atoms with Gasteiger partial charge in [0.05, 0.1) is 13.2 Å². The number of hydrogen-bond acceptors (Lipinski definition) is 4. The van der Waals surface area contributed by atoms with Crippen LogP contribution in [0.5, 0.6) is 11.5 Å². The van der Waals surface area contributed by atoms with Gasteiger partial charge in [-0.2, -0.15) is 0 Å². The van der Waals surface area contributed by atoms with Crippen molar-refractivity contribution in [2.45, 2.75) is 23.9 Å². The summed E-state index contributed by atoms with van der Waals surface area (Å²) < 4.78 is 11.0. The van der Waals surface area contributed by atoms with Gasteiger partial charge < -0.3 is 20.1 Å². The van der Waals surface area contributed by atoms with Crippen molar-refractivity contribution in [3.05, 3.63) is 53.6 Å². The zero-order valence-corrected chi connectivity index (χ0v) is 15.2. The average molecular weight is 358 g/mol. The number of thioether (sulfide) groups is 1. The molecule has 1 aliphatic heterocycles. The van der Waals surface area contributed by atoms with Crippen molar-refractivity contribution in [3.63, 3.8) is 0 Å². The van der Waals surface area contributed by atoms with Gasteiger partial charge in [-0.25, -0.2) is 4.79 Å². The third-order valence-electron chi connectivity index (χ3n) is 4.12. The summed E-state index contributed by atoms with van der Waals surface area (Å²) in [5, 5.41) is 5.86. The molecular formula is C19H22N2O3S. The predicted octanol–water partition coefficient (Wildman–Crippen LogP) is 3.22. The van der Waals surface area contributed by atoms with Crippen LogP contribution >= 0.6 is 11.8 Å². The Morgan fingerprint density at radius 1 is 1.28 bits per heavy atom. The summed E-state index contributed by atoms with van der Waals surface area (Å²) in [6, 6.07) is 13.7. The van der Waals surface area contributed by atoms with E-state index in [0.29, 0.717) is 13.2 Å². The highest BCUT2D eigenvalue weighted by atomic mass is 32.2. The number of urea groups is 1. The lowest BCUT2D eigenvalue weighted by molar-refractivity contribution is 0.214. The molecule has 1 atom stereocenters. The lowest BCUT2D eigenvalue weighted by Gasteiger charge is -2.26. The van der Waals surface area contributed by atoms with Crippen LogP contribution in [0.15, 0.2) is 47.4 Å². The first-order chi connectivity index (χ1) is 12.2. The van der Waals surface area contributed by atoms with Gasteiger partial charge in [0.2, 0.25) is 0 Å². The standard InChI is InChI=1S/C19H22N2O3S/c1-23-16-5-8-18-14(10-16)9-15(12-24-18)21-19(22)20-11-13-3-6-17(25-2)7-4-13/h3-8,10,15H,9,11-12H2,1-2H3,(H2,20,21,22)/t15-/m1/s1. The van der Waals surface area contributed by atoms with Gasteiger partial charge in [0.15, 0.2) is 0 Å². The summed E-state index contributed by atoms with van der Waals surface area (Å²) in [6.45, 7) is 0.966. The van der Waals surface area contributed by atoms with Crippen LogP contribution in [0.1, 0.15) is 11.1 Å². The molecule has 0 saturated carbocycles. The number of methoxy groups -OCH3 is 1. The van der Waals surface area contributed by atoms with E-state index in [1.54, 1.807) is 18.9 Å². The average Bonchev–Trinajstić information content (AvgIpc) is 2.66. The molecule has 0 fully saturated rings. The van der Waals surface area contributed by atoms with Crippen LogP contribution < -0.4 is 20.1 Å². The van der Waals surface area contributed by atoms with E-state index in [9.17, 15) is 4.79 Å². The zero-order valence-electron chi connectivity index (χ0n) is 14.4. The Hall–Kier alpha value is -2.34. The van der Waals surface area contributed by atoms with E-state index in [0.717, 1.165) is 29.0 Å². The number of carbonyl (C=O) groups is 1. The Labute approximate surface area is 152 Å². The van der Waals surface area contributed by atoms with Gasteiger partial charge in [-0.05, 0) is 54.1 Å². The molecule has 0 spiro atoms. The van der Waals surface area contributed by atoms with Crippen molar-refractivity contribution in [1.82, 2.24) is 10.6 Å². The smallest absolute Gasteiger partial charge is 0.315 e. The first kappa shape index (κ1) is 17.5. The molecule has 1 aliphatic rings. The maximum Gasteiger partial charge on any atom is 0.315 e. The van der Waals surface area contributed by atoms with Crippen LogP contribution in [0.2, 0.25) is 0 Å². The number of carbonyl (C=O) groups excluding carboxylic acids is 1. The number of fused-ring (bicyclic) bond motifs is 1. The molecule has 25 heavy (non-hydrogen) atoms. The van der Waals surface area contributed by atoms with Crippen LogP contribution in [0.4, 0.5) is 4.79 Å². The number of amides is 2. The monoisotopic (exact) mass is 358 g/mol. The fourth-order valence-electron chi connectivity index (χ4n) is 2.75. The fraction of sp³-hybridized carbons (Fsp3) is 0.316. The van der Waals surface area contributed by atoms with E-state index < -0.39 is 0 Å². The Morgan fingerprint density at radius 3 is 2.80 bits per heavy atom. The summed E-state index contributed by atoms with van der Waals surface area (Å²) in [6.07, 6.45) is 2.77. The fourth-order valence-corrected chi connectivity index (χ4v) is 3.16. The molecule has 3 rings (SSSR count). The number of benzene rings is 2. The number of nitrogens with one attached hydrogen (secondary N) is 2. The minimum atomic E-state index is -0.186. The molecule has 1 heterocycles. The molecule has 2 N–H and O–H groups in total. The highest BCUT2D eigenvalue weighted by molar-refractivity contribution is 7.98. The van der Waals surface area contributed by atoms with Crippen molar-refractivity contribution in [2.24, 2.45) is 0 Å². The topological polar surface area (TPSA) is 59.6 Å². The van der Waals surface area contributed by atoms with Crippen LogP contribution in [0.3, 0.4) is 0 Å². The second-order valence-electron chi connectivity index (χ2n) is 5.86. The molecule has 132 valence electrons. The molecule has 0 radical (unpaired) electrons. The van der Waals surface area contributed by atoms with Crippen molar-refractivity contribution < 1.29 is 14.3 Å². The molecule has 0 aliphatic carbocycles. The maximum absolute atomic E-state index is 12.1. The van der Waals surface area contributed by atoms with E-state index in [1.807, 2.05) is 36.6 Å². The second-order valence-corrected chi connectivity index (χ2v) is 6.74. The lowest BCUT2D eigenvalue weighted by atomic mass is 10.0. The summed E-state index contributed by atoms with van der Waals surface area (Å²) >= 11 is 1.70. The quantitative estimate of drug-likeness (QED) is 0.806. The zero-order chi connectivity index (χ0) is 17.6. The minimum Gasteiger partial charge on any atom is -0.497 e. The number of ether oxygens (including phenoxy) is 2. The molecule has 5 nitrogen and oxygen atoms in total. The molecule has 0 aromatic heterocycles. The predicted molar refractivity (Wildman–Crippen MR) is 99.6 cm³/mol. The highest BCUT2D eigenvalue weighted by Crippen LogP contribution is 2.28. The number of hydrogen-bond donors (Lipinski definition) is 2. The van der Waals surface area contributed by atoms with E-state index in [-0.39, 0.29) is 12.1 Å². The number of rotatable bonds is 5. The Balaban J connectivity index is 1.51. The molecule has 2 aromatic rings. The Kier molecular flexibility index (Phi) is 5.71. The normalized spacial score (nSPS) is 15.7. The van der Waals surface area contributed by atoms with Crippen LogP contribution in [0.25, 0.3) is 0 Å². The highest BCUT2D eigenvalue weighted by Gasteiger charge is 2.21. The summed E-state index contributed by atoms with van der Waals surface area (Å²) in [5.41, 5.74) is 2.12.